The van der Waals surface area contributed by atoms with Gasteiger partial charge in [-0.1, -0.05) is 12.1 Å². The largest absolute Gasteiger partial charge is 0.497 e. The van der Waals surface area contributed by atoms with Gasteiger partial charge in [-0.25, -0.2) is 4.98 Å². The molecule has 1 fully saturated rings. The predicted molar refractivity (Wildman–Crippen MR) is 134 cm³/mol. The van der Waals surface area contributed by atoms with Crippen molar-refractivity contribution in [3.05, 3.63) is 83.6 Å². The topological polar surface area (TPSA) is 74.8 Å². The molecule has 0 aliphatic carbocycles. The van der Waals surface area contributed by atoms with Crippen molar-refractivity contribution in [2.24, 2.45) is 0 Å². The molecule has 10 heteroatoms. The average molecular weight is 513 g/mol. The van der Waals surface area contributed by atoms with Crippen molar-refractivity contribution in [1.29, 1.82) is 0 Å². The molecule has 3 aromatic rings. The fourth-order valence-corrected chi connectivity index (χ4v) is 4.12. The van der Waals surface area contributed by atoms with E-state index < -0.39 is 11.7 Å². The number of aromatic nitrogens is 1. The lowest BCUT2D eigenvalue weighted by molar-refractivity contribution is -0.137. The van der Waals surface area contributed by atoms with Gasteiger partial charge in [0.2, 0.25) is 5.91 Å². The lowest BCUT2D eigenvalue weighted by Crippen LogP contribution is -2.35. The number of methoxy groups -OCH3 is 1. The van der Waals surface area contributed by atoms with Crippen molar-refractivity contribution >= 4 is 23.3 Å². The third-order valence-electron chi connectivity index (χ3n) is 6.12. The molecule has 4 rings (SSSR count). The lowest BCUT2D eigenvalue weighted by Gasteiger charge is -2.23. The number of ether oxygens (including phenoxy) is 1. The second-order valence-electron chi connectivity index (χ2n) is 8.69. The fraction of sp³-hybridized carbons (Fsp3) is 0.296. The summed E-state index contributed by atoms with van der Waals surface area (Å²) in [4.78, 5) is 33.4. The number of amides is 2. The minimum absolute atomic E-state index is 0.160. The first-order valence-electron chi connectivity index (χ1n) is 11.8. The maximum Gasteiger partial charge on any atom is 0.416 e. The molecule has 1 aliphatic heterocycles. The molecule has 2 heterocycles. The second-order valence-corrected chi connectivity index (χ2v) is 8.69. The lowest BCUT2D eigenvalue weighted by atomic mass is 10.1. The molecule has 37 heavy (non-hydrogen) atoms. The summed E-state index contributed by atoms with van der Waals surface area (Å²) in [5, 5.41) is 2.84. The quantitative estimate of drug-likeness (QED) is 0.521. The minimum Gasteiger partial charge on any atom is -0.497 e. The van der Waals surface area contributed by atoms with Gasteiger partial charge in [-0.15, -0.1) is 0 Å². The molecule has 1 aliphatic rings. The molecule has 1 N–H and O–H groups in total. The van der Waals surface area contributed by atoms with Gasteiger partial charge in [0.1, 0.15) is 11.6 Å². The first-order valence-corrected chi connectivity index (χ1v) is 11.8. The Morgan fingerprint density at radius 2 is 1.68 bits per heavy atom. The molecule has 1 saturated heterocycles. The summed E-state index contributed by atoms with van der Waals surface area (Å²) in [5.74, 6) is 0.992. The monoisotopic (exact) mass is 512 g/mol. The standard InChI is InChI=1S/C27H27F3N4O3/c1-37-23-10-3-19(4-11-23)17-25(35)32-22-9-12-24(31-18-22)33-13-2-14-34(16-15-33)26(36)20-5-7-21(8-6-20)27(28,29)30/h3-12,18H,2,13-17H2,1H3,(H,32,35). The van der Waals surface area contributed by atoms with Crippen molar-refractivity contribution in [2.45, 2.75) is 19.0 Å². The highest BCUT2D eigenvalue weighted by Crippen LogP contribution is 2.29. The zero-order valence-electron chi connectivity index (χ0n) is 20.3. The SMILES string of the molecule is COc1ccc(CC(=O)Nc2ccc(N3CCCN(C(=O)c4ccc(C(F)(F)F)cc4)CC3)nc2)cc1. The zero-order chi connectivity index (χ0) is 26.4. The highest BCUT2D eigenvalue weighted by Gasteiger charge is 2.30. The van der Waals surface area contributed by atoms with Crippen molar-refractivity contribution in [2.75, 3.05) is 43.5 Å². The minimum atomic E-state index is -4.44. The summed E-state index contributed by atoms with van der Waals surface area (Å²) in [7, 11) is 1.59. The van der Waals surface area contributed by atoms with Crippen LogP contribution in [0.2, 0.25) is 0 Å². The van der Waals surface area contributed by atoms with E-state index in [1.165, 1.54) is 12.1 Å². The number of hydrogen-bond donors (Lipinski definition) is 1. The summed E-state index contributed by atoms with van der Waals surface area (Å²) in [6, 6.07) is 15.2. The number of hydrogen-bond acceptors (Lipinski definition) is 5. The van der Waals surface area contributed by atoms with Crippen LogP contribution in [0.4, 0.5) is 24.7 Å². The van der Waals surface area contributed by atoms with Crippen molar-refractivity contribution < 1.29 is 27.5 Å². The van der Waals surface area contributed by atoms with Crippen LogP contribution in [-0.4, -0.2) is 55.0 Å². The van der Waals surface area contributed by atoms with Crippen molar-refractivity contribution in [3.8, 4) is 5.75 Å². The van der Waals surface area contributed by atoms with Crippen LogP contribution in [0.25, 0.3) is 0 Å². The van der Waals surface area contributed by atoms with Crippen LogP contribution in [0.15, 0.2) is 66.9 Å². The van der Waals surface area contributed by atoms with Crippen LogP contribution in [0, 0.1) is 0 Å². The van der Waals surface area contributed by atoms with E-state index in [2.05, 4.69) is 10.3 Å². The number of rotatable bonds is 6. The van der Waals surface area contributed by atoms with Gasteiger partial charge in [-0.3, -0.25) is 9.59 Å². The van der Waals surface area contributed by atoms with Gasteiger partial charge in [-0.2, -0.15) is 13.2 Å². The number of alkyl halides is 3. The van der Waals surface area contributed by atoms with Gasteiger partial charge >= 0.3 is 6.18 Å². The van der Waals surface area contributed by atoms with E-state index in [0.29, 0.717) is 38.3 Å². The van der Waals surface area contributed by atoms with E-state index in [1.807, 2.05) is 23.1 Å². The molecule has 0 radical (unpaired) electrons. The second kappa shape index (κ2) is 11.3. The Labute approximate surface area is 212 Å². The molecule has 2 amide bonds. The highest BCUT2D eigenvalue weighted by atomic mass is 19.4. The Morgan fingerprint density at radius 3 is 2.30 bits per heavy atom. The summed E-state index contributed by atoms with van der Waals surface area (Å²) in [5.41, 5.74) is 0.894. The van der Waals surface area contributed by atoms with E-state index in [9.17, 15) is 22.8 Å². The fourth-order valence-electron chi connectivity index (χ4n) is 4.12. The van der Waals surface area contributed by atoms with Gasteiger partial charge in [-0.05, 0) is 60.5 Å². The van der Waals surface area contributed by atoms with Crippen LogP contribution >= 0.6 is 0 Å². The van der Waals surface area contributed by atoms with E-state index in [-0.39, 0.29) is 23.8 Å². The summed E-state index contributed by atoms with van der Waals surface area (Å²) < 4.78 is 43.5. The molecule has 7 nitrogen and oxygen atoms in total. The zero-order valence-corrected chi connectivity index (χ0v) is 20.3. The van der Waals surface area contributed by atoms with Crippen LogP contribution in [0.5, 0.6) is 5.75 Å². The average Bonchev–Trinajstić information content (AvgIpc) is 3.15. The van der Waals surface area contributed by atoms with Crippen molar-refractivity contribution in [1.82, 2.24) is 9.88 Å². The number of carbonyl (C=O) groups excluding carboxylic acids is 2. The number of pyridine rings is 1. The molecule has 0 unspecified atom stereocenters. The van der Waals surface area contributed by atoms with Crippen LogP contribution in [0.1, 0.15) is 27.9 Å². The van der Waals surface area contributed by atoms with Crippen LogP contribution in [-0.2, 0) is 17.4 Å². The first kappa shape index (κ1) is 26.0. The molecular formula is C27H27F3N4O3. The smallest absolute Gasteiger partial charge is 0.416 e. The number of carbonyl (C=O) groups is 2. The Kier molecular flexibility index (Phi) is 7.95. The number of nitrogens with zero attached hydrogens (tertiary/aromatic N) is 3. The van der Waals surface area contributed by atoms with E-state index >= 15 is 0 Å². The molecular weight excluding hydrogens is 485 g/mol. The third-order valence-corrected chi connectivity index (χ3v) is 6.12. The number of nitrogens with one attached hydrogen (secondary N) is 1. The van der Waals surface area contributed by atoms with Gasteiger partial charge < -0.3 is 19.9 Å². The molecule has 194 valence electrons. The van der Waals surface area contributed by atoms with E-state index in [0.717, 1.165) is 29.3 Å². The van der Waals surface area contributed by atoms with Crippen molar-refractivity contribution in [3.63, 3.8) is 0 Å². The summed E-state index contributed by atoms with van der Waals surface area (Å²) >= 11 is 0. The normalized spacial score (nSPS) is 14.2. The number of benzene rings is 2. The predicted octanol–water partition coefficient (Wildman–Crippen LogP) is 4.64. The molecule has 0 spiro atoms. The molecule has 0 bridgehead atoms. The number of halogens is 3. The molecule has 0 saturated carbocycles. The first-order chi connectivity index (χ1) is 17.7. The van der Waals surface area contributed by atoms with Gasteiger partial charge in [0.15, 0.2) is 0 Å². The van der Waals surface area contributed by atoms with Crippen LogP contribution < -0.4 is 15.0 Å². The van der Waals surface area contributed by atoms with Crippen LogP contribution in [0.3, 0.4) is 0 Å². The molecule has 2 aromatic carbocycles. The Bertz CT molecular complexity index is 1210. The molecule has 1 aromatic heterocycles. The highest BCUT2D eigenvalue weighted by molar-refractivity contribution is 5.94. The summed E-state index contributed by atoms with van der Waals surface area (Å²) in [6.07, 6.45) is -1.93. The number of anilines is 2. The Balaban J connectivity index is 1.31. The maximum absolute atomic E-state index is 12.8. The molecule has 0 atom stereocenters. The Hall–Kier alpha value is -4.08. The third kappa shape index (κ3) is 6.78. The van der Waals surface area contributed by atoms with E-state index in [4.69, 9.17) is 4.74 Å². The van der Waals surface area contributed by atoms with Gasteiger partial charge in [0, 0.05) is 31.7 Å². The maximum atomic E-state index is 12.8. The van der Waals surface area contributed by atoms with Gasteiger partial charge in [0.05, 0.1) is 31.0 Å². The van der Waals surface area contributed by atoms with Gasteiger partial charge in [0.25, 0.3) is 5.91 Å². The van der Waals surface area contributed by atoms with E-state index in [1.54, 1.807) is 36.4 Å². The Morgan fingerprint density at radius 1 is 0.946 bits per heavy atom. The summed E-state index contributed by atoms with van der Waals surface area (Å²) in [6.45, 7) is 2.12.